The van der Waals surface area contributed by atoms with E-state index < -0.39 is 21.5 Å². The molecule has 120 valence electrons. The lowest BCUT2D eigenvalue weighted by atomic mass is 10.1. The van der Waals surface area contributed by atoms with Gasteiger partial charge in [0.15, 0.2) is 0 Å². The molecule has 1 N–H and O–H groups in total. The smallest absolute Gasteiger partial charge is 0.324 e. The first-order valence-electron chi connectivity index (χ1n) is 6.90. The van der Waals surface area contributed by atoms with Gasteiger partial charge in [-0.1, -0.05) is 19.1 Å². The summed E-state index contributed by atoms with van der Waals surface area (Å²) in [6.07, 6.45) is 0.697. The summed E-state index contributed by atoms with van der Waals surface area (Å²) in [5, 5.41) is 18.0. The fraction of sp³-hybridized carbons (Fsp3) is 0.467. The first-order chi connectivity index (χ1) is 10.2. The second kappa shape index (κ2) is 6.90. The molecule has 0 amide bonds. The van der Waals surface area contributed by atoms with Crippen LogP contribution in [0.1, 0.15) is 32.8 Å². The largest absolute Gasteiger partial charge is 0.480 e. The van der Waals surface area contributed by atoms with Crippen molar-refractivity contribution in [2.45, 2.75) is 44.0 Å². The third kappa shape index (κ3) is 3.64. The number of aryl methyl sites for hydroxylation is 1. The number of rotatable bonds is 7. The molecule has 7 heteroatoms. The predicted molar refractivity (Wildman–Crippen MR) is 81.7 cm³/mol. The molecule has 0 saturated carbocycles. The summed E-state index contributed by atoms with van der Waals surface area (Å²) in [7, 11) is -4.00. The Balaban J connectivity index is 3.32. The number of carboxylic acids is 1. The van der Waals surface area contributed by atoms with Gasteiger partial charge < -0.3 is 5.11 Å². The summed E-state index contributed by atoms with van der Waals surface area (Å²) in [5.41, 5.74) is -0.654. The van der Waals surface area contributed by atoms with Crippen LogP contribution in [0, 0.1) is 11.3 Å². The third-order valence-corrected chi connectivity index (χ3v) is 5.58. The van der Waals surface area contributed by atoms with Crippen LogP contribution in [0.15, 0.2) is 29.2 Å². The Kier molecular flexibility index (Phi) is 5.69. The summed E-state index contributed by atoms with van der Waals surface area (Å²) >= 11 is 0. The van der Waals surface area contributed by atoms with E-state index in [-0.39, 0.29) is 17.9 Å². The van der Waals surface area contributed by atoms with Crippen molar-refractivity contribution in [2.24, 2.45) is 0 Å². The second-order valence-corrected chi connectivity index (χ2v) is 7.21. The Morgan fingerprint density at radius 1 is 1.32 bits per heavy atom. The van der Waals surface area contributed by atoms with Crippen molar-refractivity contribution < 1.29 is 18.3 Å². The van der Waals surface area contributed by atoms with Crippen molar-refractivity contribution in [1.29, 1.82) is 5.26 Å². The molecule has 0 aromatic heterocycles. The van der Waals surface area contributed by atoms with Crippen LogP contribution in [-0.4, -0.2) is 35.9 Å². The van der Waals surface area contributed by atoms with Crippen LogP contribution in [-0.2, 0) is 21.2 Å². The Morgan fingerprint density at radius 2 is 1.86 bits per heavy atom. The number of carboxylic acid groups (broad SMARTS) is 1. The van der Waals surface area contributed by atoms with E-state index in [1.54, 1.807) is 12.1 Å². The molecule has 0 fully saturated rings. The number of nitriles is 1. The summed E-state index contributed by atoms with van der Waals surface area (Å²) in [6.45, 7) is 4.40. The summed E-state index contributed by atoms with van der Waals surface area (Å²) in [4.78, 5) is 11.4. The molecule has 0 bridgehead atoms. The molecule has 0 unspecified atom stereocenters. The van der Waals surface area contributed by atoms with E-state index in [2.05, 4.69) is 0 Å². The minimum Gasteiger partial charge on any atom is -0.480 e. The van der Waals surface area contributed by atoms with E-state index in [4.69, 9.17) is 5.26 Å². The minimum absolute atomic E-state index is 0.0250. The Bertz CT molecular complexity index is 672. The topological polar surface area (TPSA) is 98.5 Å². The second-order valence-electron chi connectivity index (χ2n) is 5.35. The molecule has 0 saturated heterocycles. The fourth-order valence-electron chi connectivity index (χ4n) is 1.98. The SMILES string of the molecule is CCc1ccc(S(=O)(=O)N(CCC#N)C(C)(C)C(=O)O)cc1. The average molecular weight is 324 g/mol. The summed E-state index contributed by atoms with van der Waals surface area (Å²) in [6, 6.07) is 8.17. The molecule has 1 rings (SSSR count). The highest BCUT2D eigenvalue weighted by Gasteiger charge is 2.42. The van der Waals surface area contributed by atoms with Crippen molar-refractivity contribution in [2.75, 3.05) is 6.54 Å². The molecule has 0 atom stereocenters. The van der Waals surface area contributed by atoms with Gasteiger partial charge in [0.05, 0.1) is 11.0 Å². The molecule has 1 aromatic rings. The predicted octanol–water partition coefficient (Wildman–Crippen LogP) is 2.02. The van der Waals surface area contributed by atoms with E-state index in [9.17, 15) is 18.3 Å². The first-order valence-corrected chi connectivity index (χ1v) is 8.34. The maximum atomic E-state index is 12.7. The number of nitrogens with zero attached hydrogens (tertiary/aromatic N) is 2. The maximum absolute atomic E-state index is 12.7. The lowest BCUT2D eigenvalue weighted by molar-refractivity contribution is -0.146. The number of carbonyl (C=O) groups is 1. The molecular weight excluding hydrogens is 304 g/mol. The van der Waals surface area contributed by atoms with E-state index >= 15 is 0 Å². The normalized spacial score (nSPS) is 12.1. The van der Waals surface area contributed by atoms with Crippen LogP contribution in [0.5, 0.6) is 0 Å². The molecule has 22 heavy (non-hydrogen) atoms. The highest BCUT2D eigenvalue weighted by Crippen LogP contribution is 2.25. The van der Waals surface area contributed by atoms with Crippen LogP contribution in [0.3, 0.4) is 0 Å². The van der Waals surface area contributed by atoms with Gasteiger partial charge in [-0.3, -0.25) is 4.79 Å². The van der Waals surface area contributed by atoms with E-state index in [0.717, 1.165) is 16.3 Å². The fourth-order valence-corrected chi connectivity index (χ4v) is 3.73. The van der Waals surface area contributed by atoms with Gasteiger partial charge in [-0.05, 0) is 38.0 Å². The lowest BCUT2D eigenvalue weighted by Gasteiger charge is -2.33. The maximum Gasteiger partial charge on any atom is 0.324 e. The van der Waals surface area contributed by atoms with Crippen LogP contribution in [0.4, 0.5) is 0 Å². The molecule has 0 heterocycles. The first kappa shape index (κ1) is 18.1. The standard InChI is InChI=1S/C15H20N2O4S/c1-4-12-6-8-13(9-7-12)22(20,21)17(11-5-10-16)15(2,3)14(18)19/h6-9H,4-5,11H2,1-3H3,(H,18,19). The summed E-state index contributed by atoms with van der Waals surface area (Å²) < 4.78 is 26.4. The van der Waals surface area contributed by atoms with Gasteiger partial charge in [-0.2, -0.15) is 9.57 Å². The van der Waals surface area contributed by atoms with Crippen molar-refractivity contribution in [3.63, 3.8) is 0 Å². The van der Waals surface area contributed by atoms with Crippen molar-refractivity contribution in [3.8, 4) is 6.07 Å². The lowest BCUT2D eigenvalue weighted by Crippen LogP contribution is -2.53. The monoisotopic (exact) mass is 324 g/mol. The molecule has 6 nitrogen and oxygen atoms in total. The van der Waals surface area contributed by atoms with Gasteiger partial charge in [0.25, 0.3) is 0 Å². The van der Waals surface area contributed by atoms with Gasteiger partial charge >= 0.3 is 5.97 Å². The van der Waals surface area contributed by atoms with Crippen LogP contribution >= 0.6 is 0 Å². The zero-order chi connectivity index (χ0) is 17.0. The Morgan fingerprint density at radius 3 is 2.27 bits per heavy atom. The average Bonchev–Trinajstić information content (AvgIpc) is 2.47. The number of hydrogen-bond donors (Lipinski definition) is 1. The number of sulfonamides is 1. The number of aliphatic carboxylic acids is 1. The van der Waals surface area contributed by atoms with E-state index in [1.807, 2.05) is 13.0 Å². The third-order valence-electron chi connectivity index (χ3n) is 3.49. The van der Waals surface area contributed by atoms with Gasteiger partial charge in [0.2, 0.25) is 10.0 Å². The van der Waals surface area contributed by atoms with Crippen LogP contribution < -0.4 is 0 Å². The molecule has 1 aromatic carbocycles. The van der Waals surface area contributed by atoms with Crippen molar-refractivity contribution in [3.05, 3.63) is 29.8 Å². The van der Waals surface area contributed by atoms with Gasteiger partial charge in [-0.15, -0.1) is 0 Å². The van der Waals surface area contributed by atoms with Crippen molar-refractivity contribution >= 4 is 16.0 Å². The van der Waals surface area contributed by atoms with Gasteiger partial charge in [-0.25, -0.2) is 8.42 Å². The number of hydrogen-bond acceptors (Lipinski definition) is 4. The molecule has 0 radical (unpaired) electrons. The van der Waals surface area contributed by atoms with E-state index in [0.29, 0.717) is 0 Å². The van der Waals surface area contributed by atoms with Crippen LogP contribution in [0.25, 0.3) is 0 Å². The zero-order valence-corrected chi connectivity index (χ0v) is 13.7. The molecule has 0 aliphatic rings. The minimum atomic E-state index is -4.00. The Hall–Kier alpha value is -1.91. The molecule has 0 aliphatic heterocycles. The van der Waals surface area contributed by atoms with Crippen LogP contribution in [0.2, 0.25) is 0 Å². The highest BCUT2D eigenvalue weighted by atomic mass is 32.2. The Labute approximate surface area is 131 Å². The molecule has 0 spiro atoms. The van der Waals surface area contributed by atoms with Gasteiger partial charge in [0.1, 0.15) is 5.54 Å². The highest BCUT2D eigenvalue weighted by molar-refractivity contribution is 7.89. The van der Waals surface area contributed by atoms with Gasteiger partial charge in [0, 0.05) is 13.0 Å². The molecule has 0 aliphatic carbocycles. The zero-order valence-electron chi connectivity index (χ0n) is 12.9. The number of benzene rings is 1. The molecular formula is C15H20N2O4S. The quantitative estimate of drug-likeness (QED) is 0.827. The van der Waals surface area contributed by atoms with Crippen molar-refractivity contribution in [1.82, 2.24) is 4.31 Å². The van der Waals surface area contributed by atoms with E-state index in [1.165, 1.54) is 26.0 Å². The summed E-state index contributed by atoms with van der Waals surface area (Å²) in [5.74, 6) is -1.26.